The maximum Gasteiger partial charge on any atom is 0.137 e. The van der Waals surface area contributed by atoms with Crippen LogP contribution in [0.4, 0.5) is 5.69 Å². The SMILES string of the molecule is N#CC1=CCC(C2N=C3c4ccccc4-c4cc(-c5ccc(-c6ccc7ccccc7c6)cc5)ccc4N3C2C2=CCC(C#N)C=C2)C=C1. The predicted molar refractivity (Wildman–Crippen MR) is 199 cm³/mol. The van der Waals surface area contributed by atoms with E-state index in [-0.39, 0.29) is 23.9 Å². The number of amidine groups is 1. The van der Waals surface area contributed by atoms with Gasteiger partial charge in [-0.05, 0) is 81.3 Å². The number of rotatable bonds is 4. The van der Waals surface area contributed by atoms with Gasteiger partial charge < -0.3 is 4.90 Å². The van der Waals surface area contributed by atoms with Crippen LogP contribution in [0.25, 0.3) is 44.2 Å². The number of benzene rings is 5. The molecule has 0 saturated heterocycles. The molecule has 5 aromatic carbocycles. The first-order valence-corrected chi connectivity index (χ1v) is 17.0. The molecule has 232 valence electrons. The molecule has 5 aromatic rings. The van der Waals surface area contributed by atoms with E-state index in [1.54, 1.807) is 0 Å². The first-order valence-electron chi connectivity index (χ1n) is 17.0. The Labute approximate surface area is 286 Å². The van der Waals surface area contributed by atoms with E-state index in [2.05, 4.69) is 144 Å². The molecule has 0 radical (unpaired) electrons. The topological polar surface area (TPSA) is 63.2 Å². The lowest BCUT2D eigenvalue weighted by Crippen LogP contribution is -2.45. The van der Waals surface area contributed by atoms with Crippen LogP contribution in [0, 0.1) is 34.5 Å². The third-order valence-corrected chi connectivity index (χ3v) is 10.5. The van der Waals surface area contributed by atoms with Crippen molar-refractivity contribution in [3.63, 3.8) is 0 Å². The summed E-state index contributed by atoms with van der Waals surface area (Å²) in [6.07, 6.45) is 14.0. The number of anilines is 1. The van der Waals surface area contributed by atoms with Crippen molar-refractivity contribution in [1.82, 2.24) is 0 Å². The minimum absolute atomic E-state index is 0.0308. The lowest BCUT2D eigenvalue weighted by Gasteiger charge is -2.38. The number of aliphatic imine (C=N–C) groups is 1. The van der Waals surface area contributed by atoms with Crippen LogP contribution in [-0.2, 0) is 0 Å². The van der Waals surface area contributed by atoms with Crippen molar-refractivity contribution >= 4 is 22.3 Å². The van der Waals surface area contributed by atoms with Gasteiger partial charge in [-0.3, -0.25) is 4.99 Å². The first kappa shape index (κ1) is 29.0. The van der Waals surface area contributed by atoms with Crippen LogP contribution in [0.2, 0.25) is 0 Å². The van der Waals surface area contributed by atoms with Crippen molar-refractivity contribution in [1.29, 1.82) is 10.5 Å². The molecule has 2 heterocycles. The van der Waals surface area contributed by atoms with E-state index in [1.165, 1.54) is 49.7 Å². The molecule has 4 nitrogen and oxygen atoms in total. The highest BCUT2D eigenvalue weighted by molar-refractivity contribution is 6.21. The third-order valence-electron chi connectivity index (χ3n) is 10.5. The van der Waals surface area contributed by atoms with Crippen molar-refractivity contribution in [2.75, 3.05) is 4.90 Å². The summed E-state index contributed by atoms with van der Waals surface area (Å²) in [7, 11) is 0. The number of hydrogen-bond acceptors (Lipinski definition) is 4. The number of allylic oxidation sites excluding steroid dienone is 5. The van der Waals surface area contributed by atoms with Gasteiger partial charge in [-0.15, -0.1) is 0 Å². The Morgan fingerprint density at radius 3 is 2.06 bits per heavy atom. The maximum atomic E-state index is 9.60. The van der Waals surface area contributed by atoms with E-state index in [0.717, 1.165) is 23.5 Å². The molecule has 0 aromatic heterocycles. The molecule has 4 heteroatoms. The van der Waals surface area contributed by atoms with Gasteiger partial charge in [-0.25, -0.2) is 0 Å². The minimum Gasteiger partial charge on any atom is -0.316 e. The van der Waals surface area contributed by atoms with E-state index < -0.39 is 0 Å². The molecule has 0 saturated carbocycles. The number of nitrogens with zero attached hydrogens (tertiary/aromatic N) is 4. The number of hydrogen-bond donors (Lipinski definition) is 0. The lowest BCUT2D eigenvalue weighted by atomic mass is 9.81. The van der Waals surface area contributed by atoms with Gasteiger partial charge in [0.2, 0.25) is 0 Å². The molecule has 0 amide bonds. The second kappa shape index (κ2) is 11.8. The maximum absolute atomic E-state index is 9.60. The van der Waals surface area contributed by atoms with E-state index >= 15 is 0 Å². The molecule has 0 bridgehead atoms. The Hall–Kier alpha value is -6.23. The van der Waals surface area contributed by atoms with Crippen molar-refractivity contribution in [3.8, 4) is 45.5 Å². The van der Waals surface area contributed by atoms with Gasteiger partial charge in [0.25, 0.3) is 0 Å². The molecule has 0 fully saturated rings. The molecule has 4 unspecified atom stereocenters. The summed E-state index contributed by atoms with van der Waals surface area (Å²) in [5, 5.41) is 21.6. The highest BCUT2D eigenvalue weighted by Gasteiger charge is 2.45. The van der Waals surface area contributed by atoms with E-state index in [0.29, 0.717) is 12.0 Å². The Morgan fingerprint density at radius 1 is 0.633 bits per heavy atom. The van der Waals surface area contributed by atoms with Crippen LogP contribution in [-0.4, -0.2) is 17.9 Å². The van der Waals surface area contributed by atoms with Crippen LogP contribution in [0.1, 0.15) is 18.4 Å². The summed E-state index contributed by atoms with van der Waals surface area (Å²) in [5.74, 6) is 1.04. The van der Waals surface area contributed by atoms with Gasteiger partial charge in [0.15, 0.2) is 0 Å². The average Bonchev–Trinajstić information content (AvgIpc) is 3.59. The highest BCUT2D eigenvalue weighted by Crippen LogP contribution is 2.48. The smallest absolute Gasteiger partial charge is 0.137 e. The molecule has 4 aliphatic rings. The average molecular weight is 629 g/mol. The second-order valence-corrected chi connectivity index (χ2v) is 13.2. The summed E-state index contributed by atoms with van der Waals surface area (Å²) in [6, 6.07) is 44.1. The molecule has 4 atom stereocenters. The summed E-state index contributed by atoms with van der Waals surface area (Å²) in [5.41, 5.74) is 11.3. The first-order chi connectivity index (χ1) is 24.2. The van der Waals surface area contributed by atoms with Crippen molar-refractivity contribution in [3.05, 3.63) is 162 Å². The predicted octanol–water partition coefficient (Wildman–Crippen LogP) is 10.2. The lowest BCUT2D eigenvalue weighted by molar-refractivity contribution is 0.477. The van der Waals surface area contributed by atoms with Crippen molar-refractivity contribution in [2.24, 2.45) is 16.8 Å². The van der Waals surface area contributed by atoms with E-state index in [4.69, 9.17) is 4.99 Å². The standard InChI is InChI=1S/C45H32N4/c46-27-29-9-13-34(14-10-29)43-44(35-15-11-30(28-47)12-16-35)49-42-24-23-38(26-41(42)39-7-3-4-8-40(39)45(49)48-43)33-19-17-32(18-20-33)37-22-21-31-5-1-2-6-36(31)25-37/h1-11,13,15-26,30,34,43-44H,12,14H2. The van der Waals surface area contributed by atoms with Crippen LogP contribution in [0.5, 0.6) is 0 Å². The second-order valence-electron chi connectivity index (χ2n) is 13.2. The third kappa shape index (κ3) is 4.93. The zero-order valence-corrected chi connectivity index (χ0v) is 26.9. The van der Waals surface area contributed by atoms with Crippen LogP contribution in [0.15, 0.2) is 162 Å². The fourth-order valence-electron chi connectivity index (χ4n) is 7.90. The zero-order valence-electron chi connectivity index (χ0n) is 26.9. The molecule has 2 aliphatic heterocycles. The van der Waals surface area contributed by atoms with Gasteiger partial charge in [-0.2, -0.15) is 10.5 Å². The summed E-state index contributed by atoms with van der Waals surface area (Å²) in [4.78, 5) is 7.94. The van der Waals surface area contributed by atoms with Crippen molar-refractivity contribution < 1.29 is 0 Å². The van der Waals surface area contributed by atoms with Gasteiger partial charge >= 0.3 is 0 Å². The fraction of sp³-hybridized carbons (Fsp3) is 0.133. The van der Waals surface area contributed by atoms with Gasteiger partial charge in [0.1, 0.15) is 5.84 Å². The monoisotopic (exact) mass is 628 g/mol. The Kier molecular flexibility index (Phi) is 6.96. The summed E-state index contributed by atoms with van der Waals surface area (Å²) < 4.78 is 0. The normalized spacial score (nSPS) is 21.8. The zero-order chi connectivity index (χ0) is 32.9. The molecule has 49 heavy (non-hydrogen) atoms. The quantitative estimate of drug-likeness (QED) is 0.199. The van der Waals surface area contributed by atoms with Crippen LogP contribution < -0.4 is 4.90 Å². The van der Waals surface area contributed by atoms with E-state index in [1.807, 2.05) is 18.2 Å². The Balaban J connectivity index is 1.12. The van der Waals surface area contributed by atoms with Crippen LogP contribution >= 0.6 is 0 Å². The number of nitriles is 2. The molecule has 0 N–H and O–H groups in total. The number of fused-ring (bicyclic) bond motifs is 7. The molecular formula is C45H32N4. The fourth-order valence-corrected chi connectivity index (χ4v) is 7.90. The Bertz CT molecular complexity index is 2390. The Morgan fingerprint density at radius 2 is 1.35 bits per heavy atom. The molecular weight excluding hydrogens is 597 g/mol. The van der Waals surface area contributed by atoms with Crippen molar-refractivity contribution in [2.45, 2.75) is 24.9 Å². The largest absolute Gasteiger partial charge is 0.316 e. The van der Waals surface area contributed by atoms with Gasteiger partial charge in [-0.1, -0.05) is 121 Å². The summed E-state index contributed by atoms with van der Waals surface area (Å²) >= 11 is 0. The van der Waals surface area contributed by atoms with Gasteiger partial charge in [0.05, 0.1) is 35.8 Å². The minimum atomic E-state index is -0.107. The highest BCUT2D eigenvalue weighted by atomic mass is 15.3. The molecule has 2 aliphatic carbocycles. The molecule has 0 spiro atoms. The van der Waals surface area contributed by atoms with Gasteiger partial charge in [0, 0.05) is 22.6 Å². The van der Waals surface area contributed by atoms with E-state index in [9.17, 15) is 10.5 Å². The van der Waals surface area contributed by atoms with Crippen LogP contribution in [0.3, 0.4) is 0 Å². The summed E-state index contributed by atoms with van der Waals surface area (Å²) in [6.45, 7) is 0. The molecule has 9 rings (SSSR count).